The average molecular weight is 812 g/mol. The van der Waals surface area contributed by atoms with E-state index in [0.717, 1.165) is 73.2 Å². The summed E-state index contributed by atoms with van der Waals surface area (Å²) < 4.78 is 5.97. The maximum Gasteiger partial charge on any atom is 0.205 e. The smallest absolute Gasteiger partial charge is 0.205 e. The monoisotopic (exact) mass is 811 g/mol. The van der Waals surface area contributed by atoms with Crippen molar-refractivity contribution in [1.82, 2.24) is 4.90 Å². The maximum absolute atomic E-state index is 12.9. The molecule has 1 aromatic carbocycles. The molecule has 10 atom stereocenters. The van der Waals surface area contributed by atoms with Gasteiger partial charge in [-0.25, -0.2) is 0 Å². The number of nitrogens with zero attached hydrogens (tertiary/aromatic N) is 1. The van der Waals surface area contributed by atoms with Crippen molar-refractivity contribution in [2.45, 2.75) is 138 Å². The van der Waals surface area contributed by atoms with Crippen molar-refractivity contribution >= 4 is 33.8 Å². The van der Waals surface area contributed by atoms with Crippen molar-refractivity contribution < 1.29 is 65.4 Å². The van der Waals surface area contributed by atoms with Crippen LogP contribution in [0.1, 0.15) is 76.3 Å². The van der Waals surface area contributed by atoms with E-state index >= 15 is 0 Å². The third kappa shape index (κ3) is 18.7. The standard InChI is InChI=1S/C36H65N3O13S2/c1-3-5-7-9-25(37)35(50)53-20-22-11-12-24(15-23(22)21-54-36(51)26(38)10-8-6-4-2)52-14-13-39(16-27(42)31(46)33(48)29(44)18-40)17-28(43)32(47)34(49)30(45)19-41/h11-12,15,25-34,40-49H,3-10,13-14,16-21,37-38H2,1-2H3/t25-,26-,27-,28-,29+,30+,31+,32+,33+,34+/m0/s1. The number of nitrogens with two attached hydrogens (primary N) is 2. The summed E-state index contributed by atoms with van der Waals surface area (Å²) in [7, 11) is 0. The van der Waals surface area contributed by atoms with E-state index in [2.05, 4.69) is 13.8 Å². The van der Waals surface area contributed by atoms with Crippen molar-refractivity contribution in [2.75, 3.05) is 39.5 Å². The van der Waals surface area contributed by atoms with Crippen LogP contribution >= 0.6 is 23.5 Å². The normalized spacial score (nSPS) is 17.6. The highest BCUT2D eigenvalue weighted by molar-refractivity contribution is 8.13. The van der Waals surface area contributed by atoms with Crippen LogP contribution in [0.25, 0.3) is 0 Å². The van der Waals surface area contributed by atoms with Gasteiger partial charge in [-0.2, -0.15) is 0 Å². The van der Waals surface area contributed by atoms with Gasteiger partial charge in [0.15, 0.2) is 0 Å². The first-order chi connectivity index (χ1) is 25.6. The van der Waals surface area contributed by atoms with Crippen molar-refractivity contribution in [3.8, 4) is 5.75 Å². The zero-order valence-electron chi connectivity index (χ0n) is 31.4. The van der Waals surface area contributed by atoms with Gasteiger partial charge in [-0.05, 0) is 36.1 Å². The summed E-state index contributed by atoms with van der Waals surface area (Å²) in [6, 6.07) is 3.98. The lowest BCUT2D eigenvalue weighted by Crippen LogP contribution is -2.53. The van der Waals surface area contributed by atoms with Crippen LogP contribution < -0.4 is 16.2 Å². The molecule has 14 N–H and O–H groups in total. The minimum atomic E-state index is -1.93. The number of aliphatic hydroxyl groups is 10. The summed E-state index contributed by atoms with van der Waals surface area (Å²) in [6.45, 7) is 1.30. The van der Waals surface area contributed by atoms with E-state index in [9.17, 15) is 50.4 Å². The number of aliphatic hydroxyl groups excluding tert-OH is 10. The molecule has 0 saturated heterocycles. The van der Waals surface area contributed by atoms with Crippen LogP contribution in [0.4, 0.5) is 0 Å². The molecule has 0 aliphatic heterocycles. The molecule has 18 heteroatoms. The van der Waals surface area contributed by atoms with Crippen LogP contribution in [0.15, 0.2) is 18.2 Å². The molecule has 0 saturated carbocycles. The summed E-state index contributed by atoms with van der Waals surface area (Å²) in [5.74, 6) is 0.953. The Morgan fingerprint density at radius 3 is 1.52 bits per heavy atom. The summed E-state index contributed by atoms with van der Waals surface area (Å²) in [6.07, 6.45) is -7.81. The molecular formula is C36H65N3O13S2. The Morgan fingerprint density at radius 2 is 1.09 bits per heavy atom. The van der Waals surface area contributed by atoms with E-state index in [4.69, 9.17) is 26.4 Å². The van der Waals surface area contributed by atoms with Gasteiger partial charge in [0.25, 0.3) is 0 Å². The molecular weight excluding hydrogens is 747 g/mol. The number of thioether (sulfide) groups is 2. The van der Waals surface area contributed by atoms with Gasteiger partial charge in [0.2, 0.25) is 10.2 Å². The minimum Gasteiger partial charge on any atom is -0.492 e. The van der Waals surface area contributed by atoms with Crippen molar-refractivity contribution in [3.63, 3.8) is 0 Å². The van der Waals surface area contributed by atoms with Gasteiger partial charge < -0.3 is 67.3 Å². The van der Waals surface area contributed by atoms with Gasteiger partial charge in [-0.1, -0.05) is 82.0 Å². The van der Waals surface area contributed by atoms with E-state index in [-0.39, 0.29) is 29.1 Å². The van der Waals surface area contributed by atoms with E-state index in [1.165, 1.54) is 4.90 Å². The van der Waals surface area contributed by atoms with Crippen LogP contribution in [0.2, 0.25) is 0 Å². The SMILES string of the molecule is CCCCC[C@H](N)C(=O)SCc1ccc(OCCN(C[C@H](O)[C@@H](O)[C@H](O)[C@H](O)CO)C[C@H](O)[C@@H](O)[C@H](O)[C@H](O)CO)cc1CSC(=O)[C@@H](N)CCCCC. The lowest BCUT2D eigenvalue weighted by molar-refractivity contribution is -0.130. The van der Waals surface area contributed by atoms with Gasteiger partial charge >= 0.3 is 0 Å². The molecule has 0 heterocycles. The molecule has 0 amide bonds. The molecule has 54 heavy (non-hydrogen) atoms. The first-order valence-electron chi connectivity index (χ1n) is 18.6. The van der Waals surface area contributed by atoms with Crippen molar-refractivity contribution in [2.24, 2.45) is 11.5 Å². The fourth-order valence-corrected chi connectivity index (χ4v) is 7.17. The number of hydrogen-bond donors (Lipinski definition) is 12. The minimum absolute atomic E-state index is 0.0674. The zero-order chi connectivity index (χ0) is 40.8. The molecule has 16 nitrogen and oxygen atoms in total. The second-order valence-electron chi connectivity index (χ2n) is 13.6. The highest BCUT2D eigenvalue weighted by atomic mass is 32.2. The van der Waals surface area contributed by atoms with E-state index in [1.54, 1.807) is 18.2 Å². The number of unbranched alkanes of at least 4 members (excludes halogenated alkanes) is 4. The first-order valence-corrected chi connectivity index (χ1v) is 20.6. The predicted molar refractivity (Wildman–Crippen MR) is 207 cm³/mol. The summed E-state index contributed by atoms with van der Waals surface area (Å²) in [5, 5.41) is 99.5. The largest absolute Gasteiger partial charge is 0.492 e. The molecule has 0 unspecified atom stereocenters. The summed E-state index contributed by atoms with van der Waals surface area (Å²) >= 11 is 2.18. The number of hydrogen-bond acceptors (Lipinski definition) is 18. The number of carbonyl (C=O) groups excluding carboxylic acids is 2. The maximum atomic E-state index is 12.9. The number of carbonyl (C=O) groups is 2. The molecule has 0 spiro atoms. The molecule has 1 aromatic rings. The van der Waals surface area contributed by atoms with Crippen LogP contribution in [0.3, 0.4) is 0 Å². The third-order valence-corrected chi connectivity index (χ3v) is 11.1. The fourth-order valence-electron chi connectivity index (χ4n) is 5.36. The molecule has 0 fully saturated rings. The van der Waals surface area contributed by atoms with Crippen molar-refractivity contribution in [3.05, 3.63) is 29.3 Å². The lowest BCUT2D eigenvalue weighted by Gasteiger charge is -2.33. The Labute approximate surface area is 326 Å². The Morgan fingerprint density at radius 1 is 0.667 bits per heavy atom. The first kappa shape index (κ1) is 50.6. The van der Waals surface area contributed by atoms with Gasteiger partial charge in [0.05, 0.1) is 37.5 Å². The van der Waals surface area contributed by atoms with Crippen LogP contribution in [-0.4, -0.2) is 167 Å². The summed E-state index contributed by atoms with van der Waals surface area (Å²) in [4.78, 5) is 27.0. The molecule has 0 bridgehead atoms. The van der Waals surface area contributed by atoms with Gasteiger partial charge in [0.1, 0.15) is 49.0 Å². The molecule has 314 valence electrons. The number of rotatable bonds is 30. The molecule has 0 aromatic heterocycles. The van der Waals surface area contributed by atoms with Gasteiger partial charge in [-0.15, -0.1) is 0 Å². The zero-order valence-corrected chi connectivity index (χ0v) is 33.1. The molecule has 1 rings (SSSR count). The topological polar surface area (TPSA) is 301 Å². The predicted octanol–water partition coefficient (Wildman–Crippen LogP) is -1.43. The third-order valence-electron chi connectivity index (χ3n) is 8.98. The van der Waals surface area contributed by atoms with Crippen LogP contribution in [-0.2, 0) is 21.1 Å². The average Bonchev–Trinajstić information content (AvgIpc) is 3.17. The fraction of sp³-hybridized carbons (Fsp3) is 0.778. The lowest BCUT2D eigenvalue weighted by atomic mass is 10.0. The Kier molecular flexibility index (Phi) is 26.2. The highest BCUT2D eigenvalue weighted by Gasteiger charge is 2.34. The van der Waals surface area contributed by atoms with E-state index < -0.39 is 87.2 Å². The molecule has 0 radical (unpaired) electrons. The van der Waals surface area contributed by atoms with Crippen LogP contribution in [0, 0.1) is 0 Å². The Balaban J connectivity index is 3.17. The quantitative estimate of drug-likeness (QED) is 0.0397. The van der Waals surface area contributed by atoms with E-state index in [0.29, 0.717) is 24.3 Å². The second kappa shape index (κ2) is 28.0. The number of benzene rings is 1. The summed E-state index contributed by atoms with van der Waals surface area (Å²) in [5.41, 5.74) is 13.8. The van der Waals surface area contributed by atoms with Gasteiger partial charge in [-0.3, -0.25) is 14.5 Å². The van der Waals surface area contributed by atoms with Gasteiger partial charge in [0, 0.05) is 31.1 Å². The highest BCUT2D eigenvalue weighted by Crippen LogP contribution is 2.28. The number of ether oxygens (including phenoxy) is 1. The Hall–Kier alpha value is -1.46. The molecule has 0 aliphatic rings. The molecule has 0 aliphatic carbocycles. The second-order valence-corrected chi connectivity index (χ2v) is 15.5. The van der Waals surface area contributed by atoms with E-state index in [1.807, 2.05) is 0 Å². The van der Waals surface area contributed by atoms with Crippen LogP contribution in [0.5, 0.6) is 5.75 Å². The van der Waals surface area contributed by atoms with Crippen molar-refractivity contribution in [1.29, 1.82) is 0 Å². The Bertz CT molecular complexity index is 1160.